The van der Waals surface area contributed by atoms with Gasteiger partial charge in [-0.1, -0.05) is 24.3 Å². The number of nitrogens with zero attached hydrogens (tertiary/aromatic N) is 3. The summed E-state index contributed by atoms with van der Waals surface area (Å²) in [5.74, 6) is 0.0211. The largest absolute Gasteiger partial charge is 0.506 e. The molecule has 1 aromatic carbocycles. The highest BCUT2D eigenvalue weighted by atomic mass is 16.5. The minimum Gasteiger partial charge on any atom is -0.506 e. The first-order valence-corrected chi connectivity index (χ1v) is 13.9. The Morgan fingerprint density at radius 2 is 1.35 bits per heavy atom. The molecule has 0 aliphatic carbocycles. The SMILES string of the molecule is CCOC(=O)CCc1c(CO)cnc(C)c1O.[C-]#[N+]c1ccc(COc2c(C)ncc(CO)c2CCC(=O)OCC)cc1. The van der Waals surface area contributed by atoms with Crippen LogP contribution in [0.3, 0.4) is 0 Å². The lowest BCUT2D eigenvalue weighted by Crippen LogP contribution is -2.10. The van der Waals surface area contributed by atoms with Crippen molar-refractivity contribution in [2.75, 3.05) is 13.2 Å². The van der Waals surface area contributed by atoms with Gasteiger partial charge in [-0.15, -0.1) is 0 Å². The lowest BCUT2D eigenvalue weighted by Gasteiger charge is -2.16. The second kappa shape index (κ2) is 18.1. The first kappa shape index (κ1) is 34.7. The Hall–Kier alpha value is -4.53. The summed E-state index contributed by atoms with van der Waals surface area (Å²) in [5.41, 5.74) is 5.18. The van der Waals surface area contributed by atoms with Gasteiger partial charge < -0.3 is 29.5 Å². The number of hydrogen-bond acceptors (Lipinski definition) is 10. The molecule has 11 nitrogen and oxygen atoms in total. The molecule has 3 N–H and O–H groups in total. The molecule has 43 heavy (non-hydrogen) atoms. The average molecular weight is 594 g/mol. The van der Waals surface area contributed by atoms with Crippen LogP contribution in [0.1, 0.15) is 65.9 Å². The molecular formula is C32H39N3O8. The Kier molecular flexibility index (Phi) is 14.6. The maximum atomic E-state index is 11.7. The monoisotopic (exact) mass is 593 g/mol. The van der Waals surface area contributed by atoms with Gasteiger partial charge in [0.1, 0.15) is 18.1 Å². The Bertz CT molecular complexity index is 1400. The summed E-state index contributed by atoms with van der Waals surface area (Å²) in [5, 5.41) is 28.6. The molecule has 0 unspecified atom stereocenters. The molecule has 0 amide bonds. The fourth-order valence-corrected chi connectivity index (χ4v) is 4.12. The number of ether oxygens (including phenoxy) is 3. The Labute approximate surface area is 251 Å². The zero-order chi connectivity index (χ0) is 31.8. The number of carbonyl (C=O) groups excluding carboxylic acids is 2. The summed E-state index contributed by atoms with van der Waals surface area (Å²) < 4.78 is 15.7. The van der Waals surface area contributed by atoms with Gasteiger partial charge in [0, 0.05) is 47.5 Å². The highest BCUT2D eigenvalue weighted by Crippen LogP contribution is 2.28. The minimum atomic E-state index is -0.315. The van der Waals surface area contributed by atoms with Gasteiger partial charge in [0.05, 0.1) is 44.4 Å². The van der Waals surface area contributed by atoms with Crippen LogP contribution in [0.25, 0.3) is 4.85 Å². The molecule has 0 saturated heterocycles. The van der Waals surface area contributed by atoms with E-state index < -0.39 is 0 Å². The summed E-state index contributed by atoms with van der Waals surface area (Å²) in [4.78, 5) is 34.5. The van der Waals surface area contributed by atoms with E-state index in [9.17, 15) is 19.8 Å². The van der Waals surface area contributed by atoms with Crippen molar-refractivity contribution in [3.63, 3.8) is 0 Å². The average Bonchev–Trinajstić information content (AvgIpc) is 3.01. The van der Waals surface area contributed by atoms with Gasteiger partial charge in [0.25, 0.3) is 0 Å². The molecule has 11 heteroatoms. The number of aromatic nitrogens is 2. The molecule has 0 aliphatic rings. The molecule has 0 fully saturated rings. The van der Waals surface area contributed by atoms with Crippen LogP contribution in [0.4, 0.5) is 5.69 Å². The van der Waals surface area contributed by atoms with E-state index in [-0.39, 0.29) is 43.7 Å². The number of pyridine rings is 2. The van der Waals surface area contributed by atoms with Crippen LogP contribution < -0.4 is 4.74 Å². The third-order valence-electron chi connectivity index (χ3n) is 6.39. The zero-order valence-electron chi connectivity index (χ0n) is 25.1. The summed E-state index contributed by atoms with van der Waals surface area (Å²) in [7, 11) is 0. The maximum Gasteiger partial charge on any atom is 0.306 e. The van der Waals surface area contributed by atoms with Crippen LogP contribution >= 0.6 is 0 Å². The van der Waals surface area contributed by atoms with Crippen molar-refractivity contribution in [1.82, 2.24) is 9.97 Å². The molecule has 0 saturated carbocycles. The third kappa shape index (κ3) is 10.7. The van der Waals surface area contributed by atoms with Crippen molar-refractivity contribution in [2.24, 2.45) is 0 Å². The fraction of sp³-hybridized carbons (Fsp3) is 0.406. The van der Waals surface area contributed by atoms with Crippen LogP contribution in [0, 0.1) is 20.4 Å². The fourth-order valence-electron chi connectivity index (χ4n) is 4.12. The van der Waals surface area contributed by atoms with E-state index in [1.54, 1.807) is 39.1 Å². The first-order valence-electron chi connectivity index (χ1n) is 13.9. The number of aliphatic hydroxyl groups excluding tert-OH is 2. The molecule has 2 aromatic heterocycles. The van der Waals surface area contributed by atoms with Crippen molar-refractivity contribution in [2.45, 2.75) is 73.2 Å². The molecule has 0 atom stereocenters. The van der Waals surface area contributed by atoms with E-state index in [2.05, 4.69) is 14.8 Å². The van der Waals surface area contributed by atoms with E-state index in [1.165, 1.54) is 6.20 Å². The van der Waals surface area contributed by atoms with Crippen LogP contribution in [0.2, 0.25) is 0 Å². The van der Waals surface area contributed by atoms with Gasteiger partial charge in [-0.05, 0) is 46.1 Å². The van der Waals surface area contributed by atoms with E-state index in [4.69, 9.17) is 25.9 Å². The van der Waals surface area contributed by atoms with Crippen molar-refractivity contribution in [1.29, 1.82) is 0 Å². The molecule has 3 rings (SSSR count). The first-order chi connectivity index (χ1) is 20.7. The van der Waals surface area contributed by atoms with Crippen LogP contribution in [-0.2, 0) is 51.7 Å². The van der Waals surface area contributed by atoms with E-state index in [0.717, 1.165) is 11.1 Å². The van der Waals surface area contributed by atoms with Gasteiger partial charge in [-0.2, -0.15) is 0 Å². The molecule has 0 radical (unpaired) electrons. The summed E-state index contributed by atoms with van der Waals surface area (Å²) in [6.45, 7) is 14.6. The molecule has 3 aromatic rings. The van der Waals surface area contributed by atoms with E-state index in [0.29, 0.717) is 72.2 Å². The van der Waals surface area contributed by atoms with Crippen molar-refractivity contribution < 1.29 is 39.1 Å². The molecule has 2 heterocycles. The third-order valence-corrected chi connectivity index (χ3v) is 6.39. The summed E-state index contributed by atoms with van der Waals surface area (Å²) >= 11 is 0. The van der Waals surface area contributed by atoms with Gasteiger partial charge in [-0.3, -0.25) is 19.6 Å². The van der Waals surface area contributed by atoms with E-state index >= 15 is 0 Å². The smallest absolute Gasteiger partial charge is 0.306 e. The summed E-state index contributed by atoms with van der Waals surface area (Å²) in [6.07, 6.45) is 4.25. The number of aliphatic hydroxyl groups is 2. The normalized spacial score (nSPS) is 10.3. The lowest BCUT2D eigenvalue weighted by molar-refractivity contribution is -0.144. The molecule has 0 aliphatic heterocycles. The Morgan fingerprint density at radius 1 is 0.837 bits per heavy atom. The van der Waals surface area contributed by atoms with E-state index in [1.807, 2.05) is 19.1 Å². The second-order valence-corrected chi connectivity index (χ2v) is 9.37. The minimum absolute atomic E-state index is 0.0425. The summed E-state index contributed by atoms with van der Waals surface area (Å²) in [6, 6.07) is 7.15. The Morgan fingerprint density at radius 3 is 1.86 bits per heavy atom. The zero-order valence-corrected chi connectivity index (χ0v) is 25.1. The van der Waals surface area contributed by atoms with Gasteiger partial charge >= 0.3 is 11.9 Å². The molecule has 230 valence electrons. The number of carbonyl (C=O) groups is 2. The second-order valence-electron chi connectivity index (χ2n) is 9.37. The molecule has 0 spiro atoms. The number of esters is 2. The van der Waals surface area contributed by atoms with Gasteiger partial charge in [0.2, 0.25) is 0 Å². The standard InChI is InChI=1S/C20H22N2O4.C12H17NO4/c1-4-25-19(24)10-9-18-16(12-23)11-22-14(2)20(18)26-13-15-5-7-17(21-3)8-6-15;1-3-17-11(15)5-4-10-9(7-14)6-13-8(2)12(10)16/h5-8,11,23H,4,9-10,12-13H2,1-2H3;6,14,16H,3-5,7H2,1-2H3. The highest BCUT2D eigenvalue weighted by molar-refractivity contribution is 5.70. The number of benzene rings is 1. The number of aryl methyl sites for hydroxylation is 2. The van der Waals surface area contributed by atoms with Crippen molar-refractivity contribution in [3.8, 4) is 11.5 Å². The van der Waals surface area contributed by atoms with Crippen LogP contribution in [-0.4, -0.2) is 50.4 Å². The lowest BCUT2D eigenvalue weighted by atomic mass is 10.0. The quantitative estimate of drug-likeness (QED) is 0.189. The topological polar surface area (TPSA) is 153 Å². The highest BCUT2D eigenvalue weighted by Gasteiger charge is 2.16. The van der Waals surface area contributed by atoms with Gasteiger partial charge in [-0.25, -0.2) is 4.85 Å². The number of hydrogen-bond donors (Lipinski definition) is 3. The maximum absolute atomic E-state index is 11.7. The van der Waals surface area contributed by atoms with Crippen molar-refractivity contribution >= 4 is 17.6 Å². The predicted octanol–water partition coefficient (Wildman–Crippen LogP) is 4.59. The van der Waals surface area contributed by atoms with Crippen LogP contribution in [0.15, 0.2) is 36.7 Å². The van der Waals surface area contributed by atoms with Crippen LogP contribution in [0.5, 0.6) is 11.5 Å². The Balaban J connectivity index is 0.000000329. The van der Waals surface area contributed by atoms with Gasteiger partial charge in [0.15, 0.2) is 5.69 Å². The molecular weight excluding hydrogens is 554 g/mol. The molecule has 0 bridgehead atoms. The number of rotatable bonds is 13. The number of aromatic hydroxyl groups is 1. The predicted molar refractivity (Wildman–Crippen MR) is 158 cm³/mol. The van der Waals surface area contributed by atoms with Crippen molar-refractivity contribution in [3.05, 3.63) is 87.3 Å².